The number of amides is 1. The Labute approximate surface area is 126 Å². The van der Waals surface area contributed by atoms with E-state index in [9.17, 15) is 9.90 Å². The molecule has 4 nitrogen and oxygen atoms in total. The third-order valence-electron chi connectivity index (χ3n) is 4.37. The van der Waals surface area contributed by atoms with Gasteiger partial charge in [0.2, 0.25) is 5.91 Å². The molecule has 1 amide bonds. The first kappa shape index (κ1) is 16.1. The molecule has 1 aromatic heterocycles. The van der Waals surface area contributed by atoms with Crippen LogP contribution >= 0.6 is 0 Å². The highest BCUT2D eigenvalue weighted by Gasteiger charge is 2.22. The van der Waals surface area contributed by atoms with Crippen LogP contribution in [-0.4, -0.2) is 17.1 Å². The molecule has 118 valence electrons. The fraction of sp³-hybridized carbons (Fsp3) is 0.706. The number of rotatable bonds is 6. The Hall–Kier alpha value is -1.29. The molecule has 4 atom stereocenters. The number of hydrogen-bond donors (Lipinski definition) is 2. The molecule has 0 aromatic carbocycles. The Bertz CT molecular complexity index is 429. The third-order valence-corrected chi connectivity index (χ3v) is 4.37. The summed E-state index contributed by atoms with van der Waals surface area (Å²) in [6, 6.07) is 3.45. The van der Waals surface area contributed by atoms with Gasteiger partial charge in [-0.15, -0.1) is 0 Å². The summed E-state index contributed by atoms with van der Waals surface area (Å²) in [4.78, 5) is 12.1. The van der Waals surface area contributed by atoms with Crippen LogP contribution in [0.2, 0.25) is 0 Å². The summed E-state index contributed by atoms with van der Waals surface area (Å²) in [5.41, 5.74) is 0. The minimum Gasteiger partial charge on any atom is -0.467 e. The Kier molecular flexibility index (Phi) is 5.85. The highest BCUT2D eigenvalue weighted by Crippen LogP contribution is 2.30. The molecule has 0 saturated heterocycles. The smallest absolute Gasteiger partial charge is 0.220 e. The van der Waals surface area contributed by atoms with Crippen LogP contribution in [0.1, 0.15) is 64.2 Å². The van der Waals surface area contributed by atoms with Gasteiger partial charge in [-0.2, -0.15) is 0 Å². The lowest BCUT2D eigenvalue weighted by molar-refractivity contribution is -0.123. The predicted molar refractivity (Wildman–Crippen MR) is 81.6 cm³/mol. The van der Waals surface area contributed by atoms with Crippen LogP contribution in [0.25, 0.3) is 0 Å². The Morgan fingerprint density at radius 2 is 2.33 bits per heavy atom. The van der Waals surface area contributed by atoms with Crippen molar-refractivity contribution in [2.75, 3.05) is 0 Å². The van der Waals surface area contributed by atoms with Crippen molar-refractivity contribution in [1.82, 2.24) is 5.32 Å². The van der Waals surface area contributed by atoms with Crippen molar-refractivity contribution in [1.29, 1.82) is 0 Å². The van der Waals surface area contributed by atoms with Crippen LogP contribution in [0.4, 0.5) is 0 Å². The number of furan rings is 1. The molecule has 1 aliphatic carbocycles. The van der Waals surface area contributed by atoms with Gasteiger partial charge >= 0.3 is 0 Å². The van der Waals surface area contributed by atoms with Gasteiger partial charge in [0.25, 0.3) is 0 Å². The largest absolute Gasteiger partial charge is 0.467 e. The molecule has 4 heteroatoms. The monoisotopic (exact) mass is 293 g/mol. The van der Waals surface area contributed by atoms with E-state index in [2.05, 4.69) is 12.2 Å². The zero-order valence-corrected chi connectivity index (χ0v) is 13.0. The first-order chi connectivity index (χ1) is 10.0. The predicted octanol–water partition coefficient (Wildman–Crippen LogP) is 3.42. The summed E-state index contributed by atoms with van der Waals surface area (Å²) < 4.78 is 5.17. The van der Waals surface area contributed by atoms with Crippen LogP contribution in [0, 0.1) is 11.8 Å². The average molecular weight is 293 g/mol. The van der Waals surface area contributed by atoms with Crippen LogP contribution in [-0.2, 0) is 4.79 Å². The number of hydrogen-bond acceptors (Lipinski definition) is 3. The SMILES string of the molecule is CC1CCCC(CC(=O)NC(C)CC(O)c2ccco2)C1. The molecule has 0 radical (unpaired) electrons. The quantitative estimate of drug-likeness (QED) is 0.844. The second-order valence-corrected chi connectivity index (χ2v) is 6.58. The maximum absolute atomic E-state index is 12.1. The molecule has 21 heavy (non-hydrogen) atoms. The first-order valence-corrected chi connectivity index (χ1v) is 8.05. The Balaban J connectivity index is 1.71. The van der Waals surface area contributed by atoms with E-state index in [1.807, 2.05) is 6.92 Å². The van der Waals surface area contributed by atoms with Gasteiger partial charge in [-0.05, 0) is 43.7 Å². The molecule has 2 rings (SSSR count). The lowest BCUT2D eigenvalue weighted by Gasteiger charge is -2.26. The maximum Gasteiger partial charge on any atom is 0.220 e. The van der Waals surface area contributed by atoms with E-state index in [1.54, 1.807) is 18.4 Å². The summed E-state index contributed by atoms with van der Waals surface area (Å²) in [6.07, 6.45) is 6.84. The van der Waals surface area contributed by atoms with Crippen LogP contribution in [0.5, 0.6) is 0 Å². The van der Waals surface area contributed by atoms with E-state index in [4.69, 9.17) is 4.42 Å². The summed E-state index contributed by atoms with van der Waals surface area (Å²) in [6.45, 7) is 4.19. The van der Waals surface area contributed by atoms with Gasteiger partial charge in [0.1, 0.15) is 11.9 Å². The lowest BCUT2D eigenvalue weighted by atomic mass is 9.81. The van der Waals surface area contributed by atoms with E-state index in [0.717, 1.165) is 12.3 Å². The summed E-state index contributed by atoms with van der Waals surface area (Å²) in [5, 5.41) is 13.0. The zero-order chi connectivity index (χ0) is 15.2. The fourth-order valence-electron chi connectivity index (χ4n) is 3.33. The van der Waals surface area contributed by atoms with Crippen molar-refractivity contribution < 1.29 is 14.3 Å². The van der Waals surface area contributed by atoms with Crippen LogP contribution in [0.3, 0.4) is 0 Å². The number of carbonyl (C=O) groups excluding carboxylic acids is 1. The van der Waals surface area contributed by atoms with Crippen molar-refractivity contribution >= 4 is 5.91 Å². The van der Waals surface area contributed by atoms with E-state index in [-0.39, 0.29) is 11.9 Å². The molecule has 1 heterocycles. The Morgan fingerprint density at radius 3 is 3.00 bits per heavy atom. The number of carbonyl (C=O) groups is 1. The highest BCUT2D eigenvalue weighted by molar-refractivity contribution is 5.76. The summed E-state index contributed by atoms with van der Waals surface area (Å²) >= 11 is 0. The molecule has 0 aliphatic heterocycles. The van der Waals surface area contributed by atoms with Crippen molar-refractivity contribution in [2.45, 2.75) is 64.5 Å². The molecule has 1 saturated carbocycles. The first-order valence-electron chi connectivity index (χ1n) is 8.05. The summed E-state index contributed by atoms with van der Waals surface area (Å²) in [7, 11) is 0. The van der Waals surface area contributed by atoms with E-state index in [1.165, 1.54) is 19.3 Å². The molecule has 1 fully saturated rings. The third kappa shape index (κ3) is 5.20. The number of nitrogens with one attached hydrogen (secondary N) is 1. The fourth-order valence-corrected chi connectivity index (χ4v) is 3.33. The minimum atomic E-state index is -0.662. The van der Waals surface area contributed by atoms with E-state index < -0.39 is 6.10 Å². The Morgan fingerprint density at radius 1 is 1.52 bits per heavy atom. The number of aliphatic hydroxyl groups is 1. The molecule has 1 aromatic rings. The standard InChI is InChI=1S/C17H27NO3/c1-12-5-3-6-14(9-12)11-17(20)18-13(2)10-15(19)16-7-4-8-21-16/h4,7-8,12-15,19H,3,5-6,9-11H2,1-2H3,(H,18,20). The van der Waals surface area contributed by atoms with Gasteiger partial charge in [0.15, 0.2) is 0 Å². The summed E-state index contributed by atoms with van der Waals surface area (Å²) in [5.74, 6) is 1.93. The van der Waals surface area contributed by atoms with Gasteiger partial charge in [-0.25, -0.2) is 0 Å². The minimum absolute atomic E-state index is 0.0568. The second kappa shape index (κ2) is 7.64. The second-order valence-electron chi connectivity index (χ2n) is 6.58. The van der Waals surface area contributed by atoms with Crippen LogP contribution in [0.15, 0.2) is 22.8 Å². The maximum atomic E-state index is 12.1. The molecular weight excluding hydrogens is 266 g/mol. The molecule has 2 N–H and O–H groups in total. The topological polar surface area (TPSA) is 62.5 Å². The molecule has 4 unspecified atom stereocenters. The van der Waals surface area contributed by atoms with E-state index >= 15 is 0 Å². The molecule has 0 spiro atoms. The zero-order valence-electron chi connectivity index (χ0n) is 13.0. The highest BCUT2D eigenvalue weighted by atomic mass is 16.4. The van der Waals surface area contributed by atoms with Crippen molar-refractivity contribution in [3.8, 4) is 0 Å². The van der Waals surface area contributed by atoms with Gasteiger partial charge in [-0.3, -0.25) is 4.79 Å². The van der Waals surface area contributed by atoms with Gasteiger partial charge in [-0.1, -0.05) is 19.8 Å². The van der Waals surface area contributed by atoms with E-state index in [0.29, 0.717) is 24.5 Å². The normalized spacial score (nSPS) is 25.3. The van der Waals surface area contributed by atoms with Gasteiger partial charge < -0.3 is 14.8 Å². The average Bonchev–Trinajstić information content (AvgIpc) is 2.91. The molecular formula is C17H27NO3. The number of aliphatic hydroxyl groups excluding tert-OH is 1. The lowest BCUT2D eigenvalue weighted by Crippen LogP contribution is -2.35. The van der Waals surface area contributed by atoms with Gasteiger partial charge in [0.05, 0.1) is 6.26 Å². The van der Waals surface area contributed by atoms with Crippen LogP contribution < -0.4 is 5.32 Å². The van der Waals surface area contributed by atoms with Crippen molar-refractivity contribution in [3.05, 3.63) is 24.2 Å². The van der Waals surface area contributed by atoms with Gasteiger partial charge in [0, 0.05) is 18.9 Å². The molecule has 0 bridgehead atoms. The molecule has 1 aliphatic rings. The van der Waals surface area contributed by atoms with Crippen molar-refractivity contribution in [2.24, 2.45) is 11.8 Å². The van der Waals surface area contributed by atoms with Crippen molar-refractivity contribution in [3.63, 3.8) is 0 Å².